The van der Waals surface area contributed by atoms with E-state index in [1.807, 2.05) is 13.8 Å². The fourth-order valence-electron chi connectivity index (χ4n) is 0.736. The number of carbonyl (C=O) groups is 1. The monoisotopic (exact) mass is 185 g/mol. The summed E-state index contributed by atoms with van der Waals surface area (Å²) < 4.78 is 1.46. The quantitative estimate of drug-likeness (QED) is 0.708. The van der Waals surface area contributed by atoms with Crippen molar-refractivity contribution in [1.29, 1.82) is 0 Å². The molecule has 0 unspecified atom stereocenters. The number of hydrogen-bond acceptors (Lipinski definition) is 3. The van der Waals surface area contributed by atoms with Crippen molar-refractivity contribution in [3.63, 3.8) is 0 Å². The highest BCUT2D eigenvalue weighted by atomic mass is 32.1. The molecule has 3 nitrogen and oxygen atoms in total. The third-order valence-corrected chi connectivity index (χ3v) is 2.41. The Hall–Kier alpha value is -0.900. The molecule has 0 spiro atoms. The van der Waals surface area contributed by atoms with Crippen LogP contribution in [0.5, 0.6) is 0 Å². The van der Waals surface area contributed by atoms with Crippen LogP contribution < -0.4 is 5.56 Å². The average Bonchev–Trinajstić information content (AvgIpc) is 2.36. The summed E-state index contributed by atoms with van der Waals surface area (Å²) in [6.45, 7) is 3.89. The summed E-state index contributed by atoms with van der Waals surface area (Å²) in [4.78, 5) is 22.2. The molecule has 0 atom stereocenters. The Labute approximate surface area is 74.8 Å². The predicted octanol–water partition coefficient (Wildman–Crippen LogP) is 1.13. The van der Waals surface area contributed by atoms with Gasteiger partial charge in [-0.3, -0.25) is 13.5 Å². The van der Waals surface area contributed by atoms with Crippen LogP contribution in [0.15, 0.2) is 16.2 Å². The number of carbonyl (C=O) groups excluding carboxylic acids is 1. The second-order valence-corrected chi connectivity index (χ2v) is 3.83. The standard InChI is InChI=1S/C8H11NO2S/c1-6(2)7(10)5-9-8(11)3-4-12-9/h3-4,6H,5H2,1-2H3. The Morgan fingerprint density at radius 2 is 2.33 bits per heavy atom. The van der Waals surface area contributed by atoms with Crippen molar-refractivity contribution in [3.05, 3.63) is 21.8 Å². The minimum atomic E-state index is -0.0889. The van der Waals surface area contributed by atoms with Gasteiger partial charge in [0, 0.05) is 17.4 Å². The number of hydrogen-bond donors (Lipinski definition) is 0. The maximum absolute atomic E-state index is 11.2. The van der Waals surface area contributed by atoms with Crippen molar-refractivity contribution in [2.24, 2.45) is 5.92 Å². The van der Waals surface area contributed by atoms with Gasteiger partial charge >= 0.3 is 0 Å². The lowest BCUT2D eigenvalue weighted by Gasteiger charge is -2.02. The van der Waals surface area contributed by atoms with Crippen molar-refractivity contribution in [2.75, 3.05) is 0 Å². The van der Waals surface area contributed by atoms with Gasteiger partial charge in [0.25, 0.3) is 5.56 Å². The molecule has 0 saturated heterocycles. The van der Waals surface area contributed by atoms with Gasteiger partial charge in [-0.1, -0.05) is 25.4 Å². The van der Waals surface area contributed by atoms with Crippen molar-refractivity contribution in [1.82, 2.24) is 3.96 Å². The van der Waals surface area contributed by atoms with Gasteiger partial charge in [-0.15, -0.1) is 0 Å². The number of nitrogens with zero attached hydrogens (tertiary/aromatic N) is 1. The maximum Gasteiger partial charge on any atom is 0.260 e. The van der Waals surface area contributed by atoms with Crippen LogP contribution in [0, 0.1) is 5.92 Å². The van der Waals surface area contributed by atoms with Crippen LogP contribution in [0.3, 0.4) is 0 Å². The van der Waals surface area contributed by atoms with E-state index in [1.165, 1.54) is 21.6 Å². The first-order valence-electron chi connectivity index (χ1n) is 3.79. The SMILES string of the molecule is CC(C)C(=O)Cn1sccc1=O. The smallest absolute Gasteiger partial charge is 0.260 e. The van der Waals surface area contributed by atoms with E-state index in [4.69, 9.17) is 0 Å². The first-order valence-corrected chi connectivity index (χ1v) is 4.62. The number of rotatable bonds is 3. The van der Waals surface area contributed by atoms with E-state index in [-0.39, 0.29) is 23.8 Å². The first-order chi connectivity index (χ1) is 5.61. The highest BCUT2D eigenvalue weighted by molar-refractivity contribution is 7.04. The van der Waals surface area contributed by atoms with Crippen LogP contribution in [0.1, 0.15) is 13.8 Å². The Balaban J connectivity index is 2.71. The summed E-state index contributed by atoms with van der Waals surface area (Å²) in [6, 6.07) is 1.47. The molecule has 66 valence electrons. The molecule has 0 bridgehead atoms. The minimum Gasteiger partial charge on any atom is -0.297 e. The van der Waals surface area contributed by atoms with Crippen molar-refractivity contribution >= 4 is 17.3 Å². The Bertz CT molecular complexity index is 324. The zero-order chi connectivity index (χ0) is 9.14. The molecule has 0 aliphatic heterocycles. The number of aromatic nitrogens is 1. The average molecular weight is 185 g/mol. The molecule has 0 aliphatic carbocycles. The summed E-state index contributed by atoms with van der Waals surface area (Å²) in [6.07, 6.45) is 0. The van der Waals surface area contributed by atoms with E-state index >= 15 is 0 Å². The second kappa shape index (κ2) is 3.67. The van der Waals surface area contributed by atoms with E-state index in [1.54, 1.807) is 5.38 Å². The predicted molar refractivity (Wildman–Crippen MR) is 48.4 cm³/mol. The third kappa shape index (κ3) is 2.04. The molecule has 0 aromatic carbocycles. The van der Waals surface area contributed by atoms with Crippen molar-refractivity contribution < 1.29 is 4.79 Å². The molecule has 4 heteroatoms. The van der Waals surface area contributed by atoms with Gasteiger partial charge < -0.3 is 0 Å². The fourth-order valence-corrected chi connectivity index (χ4v) is 1.43. The van der Waals surface area contributed by atoms with Gasteiger partial charge in [0.2, 0.25) is 0 Å². The molecule has 0 N–H and O–H groups in total. The maximum atomic E-state index is 11.2. The highest BCUT2D eigenvalue weighted by Crippen LogP contribution is 1.99. The van der Waals surface area contributed by atoms with Crippen LogP contribution in [0.2, 0.25) is 0 Å². The Morgan fingerprint density at radius 3 is 2.75 bits per heavy atom. The lowest BCUT2D eigenvalue weighted by Crippen LogP contribution is -2.21. The van der Waals surface area contributed by atoms with Gasteiger partial charge in [-0.25, -0.2) is 0 Å². The largest absolute Gasteiger partial charge is 0.297 e. The molecule has 1 aromatic heterocycles. The van der Waals surface area contributed by atoms with Gasteiger partial charge in [0.05, 0.1) is 6.54 Å². The molecule has 0 fully saturated rings. The van der Waals surface area contributed by atoms with Gasteiger partial charge in [0.1, 0.15) is 0 Å². The van der Waals surface area contributed by atoms with Crippen LogP contribution in [0.25, 0.3) is 0 Å². The van der Waals surface area contributed by atoms with E-state index in [9.17, 15) is 9.59 Å². The molecular weight excluding hydrogens is 174 g/mol. The summed E-state index contributed by atoms with van der Waals surface area (Å²) in [7, 11) is 0. The number of ketones is 1. The van der Waals surface area contributed by atoms with Gasteiger partial charge in [0.15, 0.2) is 5.78 Å². The minimum absolute atomic E-state index is 0.000926. The highest BCUT2D eigenvalue weighted by Gasteiger charge is 2.08. The lowest BCUT2D eigenvalue weighted by atomic mass is 10.1. The molecule has 0 aliphatic rings. The van der Waals surface area contributed by atoms with Gasteiger partial charge in [-0.05, 0) is 0 Å². The molecule has 1 aromatic rings. The van der Waals surface area contributed by atoms with Crippen molar-refractivity contribution in [3.8, 4) is 0 Å². The summed E-state index contributed by atoms with van der Waals surface area (Å²) >= 11 is 1.28. The topological polar surface area (TPSA) is 39.1 Å². The molecule has 0 saturated carbocycles. The molecule has 1 rings (SSSR count). The molecule has 1 heterocycles. The van der Waals surface area contributed by atoms with E-state index in [0.29, 0.717) is 0 Å². The van der Waals surface area contributed by atoms with E-state index in [2.05, 4.69) is 0 Å². The van der Waals surface area contributed by atoms with E-state index in [0.717, 1.165) is 0 Å². The molecule has 0 radical (unpaired) electrons. The second-order valence-electron chi connectivity index (χ2n) is 2.90. The number of Topliss-reactive ketones (excluding diaryl/α,β-unsaturated/α-hetero) is 1. The summed E-state index contributed by atoms with van der Waals surface area (Å²) in [5.41, 5.74) is -0.0889. The summed E-state index contributed by atoms with van der Waals surface area (Å²) in [5.74, 6) is 0.0959. The normalized spacial score (nSPS) is 10.6. The molecule has 12 heavy (non-hydrogen) atoms. The lowest BCUT2D eigenvalue weighted by molar-refractivity contribution is -0.122. The Kier molecular flexibility index (Phi) is 2.81. The van der Waals surface area contributed by atoms with E-state index < -0.39 is 0 Å². The third-order valence-electron chi connectivity index (χ3n) is 1.59. The van der Waals surface area contributed by atoms with Crippen LogP contribution in [0.4, 0.5) is 0 Å². The summed E-state index contributed by atoms with van der Waals surface area (Å²) in [5, 5.41) is 1.69. The van der Waals surface area contributed by atoms with Crippen molar-refractivity contribution in [2.45, 2.75) is 20.4 Å². The van der Waals surface area contributed by atoms with Crippen LogP contribution in [-0.4, -0.2) is 9.74 Å². The van der Waals surface area contributed by atoms with Gasteiger partial charge in [-0.2, -0.15) is 0 Å². The Morgan fingerprint density at radius 1 is 1.67 bits per heavy atom. The zero-order valence-corrected chi connectivity index (χ0v) is 7.93. The fraction of sp³-hybridized carbons (Fsp3) is 0.500. The molecular formula is C8H11NO2S. The zero-order valence-electron chi connectivity index (χ0n) is 7.11. The van der Waals surface area contributed by atoms with Crippen LogP contribution >= 0.6 is 11.5 Å². The molecule has 0 amide bonds. The van der Waals surface area contributed by atoms with Crippen LogP contribution in [-0.2, 0) is 11.3 Å². The first kappa shape index (κ1) is 9.19.